The van der Waals surface area contributed by atoms with Gasteiger partial charge in [0.15, 0.2) is 0 Å². The number of para-hydroxylation sites is 1. The molecule has 2 heterocycles. The van der Waals surface area contributed by atoms with Gasteiger partial charge in [-0.15, -0.1) is 0 Å². The van der Waals surface area contributed by atoms with Gasteiger partial charge >= 0.3 is 6.09 Å². The number of hydrogen-bond acceptors (Lipinski definition) is 7. The lowest BCUT2D eigenvalue weighted by Crippen LogP contribution is -2.27. The normalized spacial score (nSPS) is 11.4. The smallest absolute Gasteiger partial charge is 0.435 e. The second kappa shape index (κ2) is 8.23. The monoisotopic (exact) mass is 436 g/mol. The number of anilines is 4. The van der Waals surface area contributed by atoms with E-state index in [1.54, 1.807) is 18.3 Å². The fourth-order valence-corrected chi connectivity index (χ4v) is 3.11. The first-order chi connectivity index (χ1) is 14.8. The summed E-state index contributed by atoms with van der Waals surface area (Å²) < 4.78 is 6.64. The van der Waals surface area contributed by atoms with Crippen LogP contribution >= 0.6 is 11.6 Å². The van der Waals surface area contributed by atoms with Gasteiger partial charge in [0.05, 0.1) is 11.7 Å². The summed E-state index contributed by atoms with van der Waals surface area (Å²) in [5.41, 5.74) is 1.69. The van der Waals surface area contributed by atoms with Gasteiger partial charge in [0.25, 0.3) is 0 Å². The fourth-order valence-electron chi connectivity index (χ4n) is 2.92. The Morgan fingerprint density at radius 1 is 0.968 bits per heavy atom. The molecule has 0 aliphatic heterocycles. The predicted octanol–water partition coefficient (Wildman–Crippen LogP) is 5.75. The molecule has 0 bridgehead atoms. The van der Waals surface area contributed by atoms with E-state index in [1.807, 2.05) is 63.2 Å². The Balaban J connectivity index is 1.56. The molecule has 0 saturated heterocycles. The number of hydrogen-bond donors (Lipinski definition) is 2. The van der Waals surface area contributed by atoms with Crippen LogP contribution in [0.15, 0.2) is 60.8 Å². The quantitative estimate of drug-likeness (QED) is 0.393. The predicted molar refractivity (Wildman–Crippen MR) is 121 cm³/mol. The van der Waals surface area contributed by atoms with E-state index in [-0.39, 0.29) is 5.28 Å². The molecule has 2 aromatic carbocycles. The molecule has 0 amide bonds. The Labute approximate surface area is 184 Å². The Kier molecular flexibility index (Phi) is 5.48. The molecule has 4 aromatic rings. The largest absolute Gasteiger partial charge is 0.442 e. The highest BCUT2D eigenvalue weighted by molar-refractivity contribution is 6.28. The van der Waals surface area contributed by atoms with Gasteiger partial charge < -0.3 is 15.4 Å². The number of benzene rings is 2. The van der Waals surface area contributed by atoms with Crippen LogP contribution in [0.2, 0.25) is 5.28 Å². The number of nitrogens with zero attached hydrogens (tertiary/aromatic N) is 4. The van der Waals surface area contributed by atoms with Crippen molar-refractivity contribution >= 4 is 51.6 Å². The lowest BCUT2D eigenvalue weighted by molar-refractivity contribution is 0.0522. The zero-order valence-electron chi connectivity index (χ0n) is 17.3. The zero-order chi connectivity index (χ0) is 22.0. The van der Waals surface area contributed by atoms with E-state index < -0.39 is 11.7 Å². The maximum Gasteiger partial charge on any atom is 0.435 e. The third kappa shape index (κ3) is 5.10. The van der Waals surface area contributed by atoms with Gasteiger partial charge in [0.2, 0.25) is 5.28 Å². The van der Waals surface area contributed by atoms with Crippen LogP contribution in [0.5, 0.6) is 0 Å². The molecule has 31 heavy (non-hydrogen) atoms. The SMILES string of the molecule is CC(C)(C)OC(=O)n1ncc2cc(Nc3cc(Nc4ccccc4)nc(Cl)n3)ccc21. The van der Waals surface area contributed by atoms with Crippen molar-refractivity contribution in [2.45, 2.75) is 26.4 Å². The number of fused-ring (bicyclic) bond motifs is 1. The molecule has 0 saturated carbocycles. The molecule has 0 aliphatic rings. The van der Waals surface area contributed by atoms with Crippen LogP contribution in [-0.2, 0) is 4.74 Å². The first kappa shape index (κ1) is 20.6. The Morgan fingerprint density at radius 3 is 2.32 bits per heavy atom. The molecule has 2 N–H and O–H groups in total. The van der Waals surface area contributed by atoms with E-state index in [0.29, 0.717) is 17.2 Å². The number of aromatic nitrogens is 4. The van der Waals surface area contributed by atoms with Crippen molar-refractivity contribution in [3.05, 3.63) is 66.1 Å². The minimum atomic E-state index is -0.603. The van der Waals surface area contributed by atoms with Gasteiger partial charge in [-0.3, -0.25) is 0 Å². The molecule has 158 valence electrons. The van der Waals surface area contributed by atoms with Crippen LogP contribution in [0.3, 0.4) is 0 Å². The standard InChI is InChI=1S/C22H21ClN6O2/c1-22(2,3)31-21(30)29-17-10-9-16(11-14(17)13-24-29)26-19-12-18(27-20(23)28-19)25-15-7-5-4-6-8-15/h4-13H,1-3H3,(H2,25,26,27,28). The second-order valence-corrected chi connectivity index (χ2v) is 8.17. The molecule has 4 rings (SSSR count). The fraction of sp³-hybridized carbons (Fsp3) is 0.182. The van der Waals surface area contributed by atoms with Crippen LogP contribution in [0, 0.1) is 0 Å². The number of rotatable bonds is 4. The van der Waals surface area contributed by atoms with E-state index in [1.165, 1.54) is 4.68 Å². The van der Waals surface area contributed by atoms with Crippen molar-refractivity contribution in [3.8, 4) is 0 Å². The average molecular weight is 437 g/mol. The summed E-state index contributed by atoms with van der Waals surface area (Å²) in [6.45, 7) is 5.44. The molecule has 0 unspecified atom stereocenters. The van der Waals surface area contributed by atoms with Gasteiger partial charge in [0, 0.05) is 22.8 Å². The highest BCUT2D eigenvalue weighted by Gasteiger charge is 2.20. The minimum Gasteiger partial charge on any atom is -0.442 e. The molecule has 0 spiro atoms. The molecule has 2 aromatic heterocycles. The molecule has 8 nitrogen and oxygen atoms in total. The summed E-state index contributed by atoms with van der Waals surface area (Å²) in [7, 11) is 0. The molecule has 0 aliphatic carbocycles. The average Bonchev–Trinajstić information content (AvgIpc) is 3.10. The summed E-state index contributed by atoms with van der Waals surface area (Å²) in [4.78, 5) is 20.8. The molecule has 0 radical (unpaired) electrons. The van der Waals surface area contributed by atoms with Gasteiger partial charge in [-0.1, -0.05) is 18.2 Å². The number of carbonyl (C=O) groups excluding carboxylic acids is 1. The van der Waals surface area contributed by atoms with Gasteiger partial charge in [-0.25, -0.2) is 14.8 Å². The number of nitrogens with one attached hydrogen (secondary N) is 2. The summed E-state index contributed by atoms with van der Waals surface area (Å²) >= 11 is 6.10. The Morgan fingerprint density at radius 2 is 1.65 bits per heavy atom. The van der Waals surface area contributed by atoms with Crippen LogP contribution < -0.4 is 10.6 Å². The van der Waals surface area contributed by atoms with Gasteiger partial charge in [-0.2, -0.15) is 9.78 Å². The van der Waals surface area contributed by atoms with Gasteiger partial charge in [-0.05, 0) is 62.7 Å². The van der Waals surface area contributed by atoms with Crippen molar-refractivity contribution in [3.63, 3.8) is 0 Å². The van der Waals surface area contributed by atoms with Crippen molar-refractivity contribution in [2.75, 3.05) is 10.6 Å². The van der Waals surface area contributed by atoms with Crippen LogP contribution in [0.4, 0.5) is 27.8 Å². The van der Waals surface area contributed by atoms with Crippen molar-refractivity contribution < 1.29 is 9.53 Å². The molecule has 0 atom stereocenters. The lowest BCUT2D eigenvalue weighted by Gasteiger charge is -2.19. The maximum atomic E-state index is 12.4. The van der Waals surface area contributed by atoms with Crippen molar-refractivity contribution in [2.24, 2.45) is 0 Å². The van der Waals surface area contributed by atoms with E-state index in [0.717, 1.165) is 16.8 Å². The van der Waals surface area contributed by atoms with E-state index in [4.69, 9.17) is 16.3 Å². The molecule has 9 heteroatoms. The molecular weight excluding hydrogens is 416 g/mol. The van der Waals surface area contributed by atoms with Crippen LogP contribution in [0.25, 0.3) is 10.9 Å². The van der Waals surface area contributed by atoms with Gasteiger partial charge in [0.1, 0.15) is 17.2 Å². The topological polar surface area (TPSA) is 94.0 Å². The van der Waals surface area contributed by atoms with Crippen LogP contribution in [0.1, 0.15) is 20.8 Å². The minimum absolute atomic E-state index is 0.113. The number of halogens is 1. The zero-order valence-corrected chi connectivity index (χ0v) is 18.0. The van der Waals surface area contributed by atoms with Crippen LogP contribution in [-0.4, -0.2) is 31.4 Å². The number of ether oxygens (including phenoxy) is 1. The summed E-state index contributed by atoms with van der Waals surface area (Å²) in [6.07, 6.45) is 1.09. The van der Waals surface area contributed by atoms with E-state index >= 15 is 0 Å². The maximum absolute atomic E-state index is 12.4. The number of carbonyl (C=O) groups is 1. The summed E-state index contributed by atoms with van der Waals surface area (Å²) in [5.74, 6) is 1.09. The summed E-state index contributed by atoms with van der Waals surface area (Å²) in [5, 5.41) is 11.5. The van der Waals surface area contributed by atoms with Crippen molar-refractivity contribution in [1.82, 2.24) is 19.7 Å². The first-order valence-electron chi connectivity index (χ1n) is 9.62. The molecular formula is C22H21ClN6O2. The Hall–Kier alpha value is -3.65. The summed E-state index contributed by atoms with van der Waals surface area (Å²) in [6, 6.07) is 16.9. The lowest BCUT2D eigenvalue weighted by atomic mass is 10.2. The second-order valence-electron chi connectivity index (χ2n) is 7.83. The first-order valence-corrected chi connectivity index (χ1v) is 9.99. The highest BCUT2D eigenvalue weighted by atomic mass is 35.5. The Bertz CT molecular complexity index is 1230. The van der Waals surface area contributed by atoms with Crippen molar-refractivity contribution in [1.29, 1.82) is 0 Å². The highest BCUT2D eigenvalue weighted by Crippen LogP contribution is 2.25. The third-order valence-corrected chi connectivity index (χ3v) is 4.32. The third-order valence-electron chi connectivity index (χ3n) is 4.15. The van der Waals surface area contributed by atoms with E-state index in [2.05, 4.69) is 25.7 Å². The molecule has 0 fully saturated rings. The van der Waals surface area contributed by atoms with E-state index in [9.17, 15) is 4.79 Å².